The Morgan fingerprint density at radius 2 is 1.72 bits per heavy atom. The lowest BCUT2D eigenvalue weighted by Crippen LogP contribution is -2.35. The van der Waals surface area contributed by atoms with E-state index in [1.54, 1.807) is 24.3 Å². The van der Waals surface area contributed by atoms with Crippen molar-refractivity contribution in [3.63, 3.8) is 0 Å². The quantitative estimate of drug-likeness (QED) is 0.633. The van der Waals surface area contributed by atoms with Gasteiger partial charge >= 0.3 is 5.97 Å². The molecule has 2 N–H and O–H groups in total. The van der Waals surface area contributed by atoms with E-state index in [0.29, 0.717) is 17.7 Å². The fourth-order valence-corrected chi connectivity index (χ4v) is 2.73. The number of amides is 2. The van der Waals surface area contributed by atoms with Crippen LogP contribution in [0.4, 0.5) is 0 Å². The van der Waals surface area contributed by atoms with Gasteiger partial charge in [-0.05, 0) is 31.0 Å². The van der Waals surface area contributed by atoms with Crippen LogP contribution < -0.4 is 15.4 Å². The molecule has 0 saturated heterocycles. The second-order valence-electron chi connectivity index (χ2n) is 6.48. The first kappa shape index (κ1) is 21.9. The standard InChI is InChI=1S/C22H26N2O5/c1-4-18(16-11-9-15(2)10-12-16)24-20(25)14-29-21(26)13-23-22(27)17-7-5-6-8-19(17)28-3/h5-12,18H,4,13-14H2,1-3H3,(H,23,27)(H,24,25)/t18-/m1/s1. The Hall–Kier alpha value is -3.35. The predicted molar refractivity (Wildman–Crippen MR) is 109 cm³/mol. The highest BCUT2D eigenvalue weighted by Crippen LogP contribution is 2.17. The summed E-state index contributed by atoms with van der Waals surface area (Å²) in [7, 11) is 1.46. The van der Waals surface area contributed by atoms with Gasteiger partial charge in [0, 0.05) is 0 Å². The highest BCUT2D eigenvalue weighted by Gasteiger charge is 2.16. The Labute approximate surface area is 170 Å². The van der Waals surface area contributed by atoms with Crippen LogP contribution in [0.5, 0.6) is 5.75 Å². The molecule has 0 bridgehead atoms. The molecule has 2 rings (SSSR count). The zero-order valence-electron chi connectivity index (χ0n) is 16.9. The molecular weight excluding hydrogens is 372 g/mol. The lowest BCUT2D eigenvalue weighted by Gasteiger charge is -2.17. The van der Waals surface area contributed by atoms with Crippen molar-refractivity contribution in [3.05, 3.63) is 65.2 Å². The Morgan fingerprint density at radius 1 is 1.03 bits per heavy atom. The second-order valence-corrected chi connectivity index (χ2v) is 6.48. The molecule has 0 unspecified atom stereocenters. The molecule has 0 spiro atoms. The Morgan fingerprint density at radius 3 is 2.38 bits per heavy atom. The summed E-state index contributed by atoms with van der Waals surface area (Å²) in [4.78, 5) is 36.1. The first-order chi connectivity index (χ1) is 13.9. The van der Waals surface area contributed by atoms with Crippen molar-refractivity contribution in [1.29, 1.82) is 0 Å². The molecule has 0 heterocycles. The van der Waals surface area contributed by atoms with Crippen molar-refractivity contribution in [2.24, 2.45) is 0 Å². The van der Waals surface area contributed by atoms with Gasteiger partial charge in [0.15, 0.2) is 6.61 Å². The number of methoxy groups -OCH3 is 1. The lowest BCUT2D eigenvalue weighted by molar-refractivity contribution is -0.147. The first-order valence-corrected chi connectivity index (χ1v) is 9.37. The van der Waals surface area contributed by atoms with E-state index in [1.807, 2.05) is 38.1 Å². The number of esters is 1. The summed E-state index contributed by atoms with van der Waals surface area (Å²) in [5.41, 5.74) is 2.44. The van der Waals surface area contributed by atoms with E-state index in [9.17, 15) is 14.4 Å². The van der Waals surface area contributed by atoms with Crippen LogP contribution in [0.1, 0.15) is 40.9 Å². The smallest absolute Gasteiger partial charge is 0.325 e. The number of hydrogen-bond acceptors (Lipinski definition) is 5. The van der Waals surface area contributed by atoms with Crippen molar-refractivity contribution in [3.8, 4) is 5.75 Å². The van der Waals surface area contributed by atoms with E-state index < -0.39 is 24.4 Å². The molecule has 154 valence electrons. The maximum absolute atomic E-state index is 12.2. The Kier molecular flexibility index (Phi) is 8.21. The van der Waals surface area contributed by atoms with Gasteiger partial charge in [0.25, 0.3) is 11.8 Å². The minimum atomic E-state index is -0.702. The summed E-state index contributed by atoms with van der Waals surface area (Å²) in [5.74, 6) is -1.16. The number of nitrogens with one attached hydrogen (secondary N) is 2. The molecule has 7 heteroatoms. The van der Waals surface area contributed by atoms with Gasteiger partial charge in [-0.2, -0.15) is 0 Å². The van der Waals surface area contributed by atoms with Gasteiger partial charge in [-0.25, -0.2) is 0 Å². The predicted octanol–water partition coefficient (Wildman–Crippen LogP) is 2.54. The second kappa shape index (κ2) is 10.8. The molecule has 0 aliphatic heterocycles. The van der Waals surface area contributed by atoms with Crippen LogP contribution in [-0.4, -0.2) is 38.0 Å². The minimum Gasteiger partial charge on any atom is -0.496 e. The third-order valence-corrected chi connectivity index (χ3v) is 4.33. The molecule has 0 aliphatic carbocycles. The largest absolute Gasteiger partial charge is 0.496 e. The molecule has 2 aromatic carbocycles. The van der Waals surface area contributed by atoms with Crippen LogP contribution >= 0.6 is 0 Å². The van der Waals surface area contributed by atoms with Gasteiger partial charge in [0.2, 0.25) is 0 Å². The average molecular weight is 398 g/mol. The SMILES string of the molecule is CC[C@@H](NC(=O)COC(=O)CNC(=O)c1ccccc1OC)c1ccc(C)cc1. The molecule has 1 atom stereocenters. The van der Waals surface area contributed by atoms with E-state index >= 15 is 0 Å². The van der Waals surface area contributed by atoms with Gasteiger partial charge in [-0.15, -0.1) is 0 Å². The normalized spacial score (nSPS) is 11.3. The maximum atomic E-state index is 12.2. The highest BCUT2D eigenvalue weighted by atomic mass is 16.5. The number of hydrogen-bond donors (Lipinski definition) is 2. The third kappa shape index (κ3) is 6.64. The highest BCUT2D eigenvalue weighted by molar-refractivity contribution is 5.98. The molecule has 2 amide bonds. The van der Waals surface area contributed by atoms with Crippen LogP contribution in [0.2, 0.25) is 0 Å². The number of carbonyl (C=O) groups excluding carboxylic acids is 3. The van der Waals surface area contributed by atoms with Crippen molar-refractivity contribution in [1.82, 2.24) is 10.6 Å². The number of aryl methyl sites for hydroxylation is 1. The summed E-state index contributed by atoms with van der Waals surface area (Å²) < 4.78 is 10.1. The molecular formula is C22H26N2O5. The van der Waals surface area contributed by atoms with E-state index in [2.05, 4.69) is 10.6 Å². The minimum absolute atomic E-state index is 0.160. The van der Waals surface area contributed by atoms with Crippen LogP contribution in [0, 0.1) is 6.92 Å². The topological polar surface area (TPSA) is 93.7 Å². The lowest BCUT2D eigenvalue weighted by atomic mass is 10.0. The fourth-order valence-electron chi connectivity index (χ4n) is 2.73. The summed E-state index contributed by atoms with van der Waals surface area (Å²) >= 11 is 0. The summed E-state index contributed by atoms with van der Waals surface area (Å²) in [5, 5.41) is 5.30. The molecule has 0 saturated carbocycles. The first-order valence-electron chi connectivity index (χ1n) is 9.37. The van der Waals surface area contributed by atoms with Crippen molar-refractivity contribution >= 4 is 17.8 Å². The molecule has 29 heavy (non-hydrogen) atoms. The van der Waals surface area contributed by atoms with Crippen LogP contribution in [0.25, 0.3) is 0 Å². The van der Waals surface area contributed by atoms with Crippen molar-refractivity contribution < 1.29 is 23.9 Å². The summed E-state index contributed by atoms with van der Waals surface area (Å²) in [6.07, 6.45) is 0.706. The Balaban J connectivity index is 1.78. The van der Waals surface area contributed by atoms with Crippen molar-refractivity contribution in [2.75, 3.05) is 20.3 Å². The number of ether oxygens (including phenoxy) is 2. The maximum Gasteiger partial charge on any atom is 0.325 e. The summed E-state index contributed by atoms with van der Waals surface area (Å²) in [6.45, 7) is 3.20. The average Bonchev–Trinajstić information content (AvgIpc) is 2.74. The van der Waals surface area contributed by atoms with Crippen LogP contribution in [0.3, 0.4) is 0 Å². The van der Waals surface area contributed by atoms with E-state index in [1.165, 1.54) is 7.11 Å². The third-order valence-electron chi connectivity index (χ3n) is 4.33. The van der Waals surface area contributed by atoms with E-state index in [-0.39, 0.29) is 12.6 Å². The van der Waals surface area contributed by atoms with Crippen molar-refractivity contribution in [2.45, 2.75) is 26.3 Å². The fraction of sp³-hybridized carbons (Fsp3) is 0.318. The zero-order valence-corrected chi connectivity index (χ0v) is 16.9. The number of rotatable bonds is 9. The van der Waals surface area contributed by atoms with Crippen LogP contribution in [-0.2, 0) is 14.3 Å². The van der Waals surface area contributed by atoms with Gasteiger partial charge in [-0.3, -0.25) is 14.4 Å². The van der Waals surface area contributed by atoms with Gasteiger partial charge in [0.05, 0.1) is 18.7 Å². The molecule has 0 aliphatic rings. The zero-order chi connectivity index (χ0) is 21.2. The van der Waals surface area contributed by atoms with E-state index in [0.717, 1.165) is 11.1 Å². The number of para-hydroxylation sites is 1. The van der Waals surface area contributed by atoms with E-state index in [4.69, 9.17) is 9.47 Å². The van der Waals surface area contributed by atoms with Gasteiger partial charge in [0.1, 0.15) is 12.3 Å². The number of carbonyl (C=O) groups is 3. The molecule has 2 aromatic rings. The molecule has 0 aromatic heterocycles. The number of benzene rings is 2. The molecule has 0 radical (unpaired) electrons. The van der Waals surface area contributed by atoms with Crippen LogP contribution in [0.15, 0.2) is 48.5 Å². The summed E-state index contributed by atoms with van der Waals surface area (Å²) in [6, 6.07) is 14.4. The van der Waals surface area contributed by atoms with Gasteiger partial charge in [-0.1, -0.05) is 48.9 Å². The molecule has 7 nitrogen and oxygen atoms in total. The molecule has 0 fully saturated rings. The van der Waals surface area contributed by atoms with Gasteiger partial charge < -0.3 is 20.1 Å². The monoisotopic (exact) mass is 398 g/mol. The Bertz CT molecular complexity index is 849.